The van der Waals surface area contributed by atoms with Crippen LogP contribution in [0.5, 0.6) is 0 Å². The highest BCUT2D eigenvalue weighted by Crippen LogP contribution is 2.47. The Morgan fingerprint density at radius 2 is 1.81 bits per heavy atom. The summed E-state index contributed by atoms with van der Waals surface area (Å²) in [6.45, 7) is 2.24. The molecule has 1 aliphatic heterocycles. The van der Waals surface area contributed by atoms with Gasteiger partial charge in [0.05, 0.1) is 12.6 Å². The molecule has 2 aromatic rings. The quantitative estimate of drug-likeness (QED) is 0.620. The van der Waals surface area contributed by atoms with E-state index in [0.717, 1.165) is 15.7 Å². The first kappa shape index (κ1) is 14.1. The fourth-order valence-corrected chi connectivity index (χ4v) is 2.89. The number of anilines is 1. The zero-order chi connectivity index (χ0) is 14.8. The van der Waals surface area contributed by atoms with Gasteiger partial charge in [-0.15, -0.1) is 0 Å². The number of esters is 1. The molecule has 1 fully saturated rings. The Balaban J connectivity index is 1.89. The molecule has 0 amide bonds. The number of halogens is 1. The van der Waals surface area contributed by atoms with Crippen molar-refractivity contribution in [2.45, 2.75) is 19.0 Å². The Kier molecular flexibility index (Phi) is 3.97. The van der Waals surface area contributed by atoms with Crippen LogP contribution in [0.2, 0.25) is 0 Å². The lowest BCUT2D eigenvalue weighted by molar-refractivity contribution is -0.142. The molecule has 0 saturated carbocycles. The van der Waals surface area contributed by atoms with Gasteiger partial charge in [0.15, 0.2) is 6.04 Å². The van der Waals surface area contributed by atoms with Crippen molar-refractivity contribution in [1.82, 2.24) is 0 Å². The summed E-state index contributed by atoms with van der Waals surface area (Å²) in [7, 11) is 0. The minimum Gasteiger partial charge on any atom is -0.464 e. The van der Waals surface area contributed by atoms with Crippen LogP contribution in [-0.2, 0) is 9.53 Å². The second-order valence-corrected chi connectivity index (χ2v) is 5.85. The van der Waals surface area contributed by atoms with Gasteiger partial charge in [0, 0.05) is 10.2 Å². The van der Waals surface area contributed by atoms with Gasteiger partial charge in [-0.3, -0.25) is 0 Å². The fourth-order valence-electron chi connectivity index (χ4n) is 2.63. The standard InChI is InChI=1S/C17H16BrNO2/c1-2-21-17(20)16-15(12-6-4-3-5-7-12)19(16)14-10-8-13(18)9-11-14/h3-11,15-16H,2H2,1H3/t15-,16-,19?/m1/s1. The van der Waals surface area contributed by atoms with E-state index in [2.05, 4.69) is 33.0 Å². The first-order valence-corrected chi connectivity index (χ1v) is 7.77. The Labute approximate surface area is 132 Å². The molecule has 0 unspecified atom stereocenters. The van der Waals surface area contributed by atoms with Gasteiger partial charge >= 0.3 is 5.97 Å². The van der Waals surface area contributed by atoms with Crippen LogP contribution in [0.25, 0.3) is 0 Å². The van der Waals surface area contributed by atoms with Crippen molar-refractivity contribution in [2.24, 2.45) is 0 Å². The molecule has 4 heteroatoms. The highest BCUT2D eigenvalue weighted by atomic mass is 79.9. The molecule has 1 aliphatic rings. The number of rotatable bonds is 4. The van der Waals surface area contributed by atoms with Crippen LogP contribution in [-0.4, -0.2) is 18.6 Å². The van der Waals surface area contributed by atoms with Crippen LogP contribution in [0.15, 0.2) is 59.1 Å². The molecule has 3 nitrogen and oxygen atoms in total. The summed E-state index contributed by atoms with van der Waals surface area (Å²) in [5, 5.41) is 0. The van der Waals surface area contributed by atoms with E-state index in [-0.39, 0.29) is 18.1 Å². The monoisotopic (exact) mass is 345 g/mol. The molecule has 0 N–H and O–H groups in total. The van der Waals surface area contributed by atoms with Gasteiger partial charge in [0.1, 0.15) is 0 Å². The molecule has 0 bridgehead atoms. The zero-order valence-electron chi connectivity index (χ0n) is 11.7. The number of nitrogens with zero attached hydrogens (tertiary/aromatic N) is 1. The van der Waals surface area contributed by atoms with E-state index in [1.54, 1.807) is 0 Å². The van der Waals surface area contributed by atoms with Crippen LogP contribution in [0.4, 0.5) is 5.69 Å². The first-order valence-electron chi connectivity index (χ1n) is 6.98. The van der Waals surface area contributed by atoms with Crippen LogP contribution in [0.1, 0.15) is 18.5 Å². The topological polar surface area (TPSA) is 29.3 Å². The molecular formula is C17H16BrNO2. The third-order valence-electron chi connectivity index (χ3n) is 3.60. The lowest BCUT2D eigenvalue weighted by Crippen LogP contribution is -2.15. The van der Waals surface area contributed by atoms with Gasteiger partial charge < -0.3 is 9.64 Å². The molecule has 0 aliphatic carbocycles. The number of hydrogen-bond acceptors (Lipinski definition) is 3. The number of carbonyl (C=O) groups excluding carboxylic acids is 1. The van der Waals surface area contributed by atoms with Crippen molar-refractivity contribution in [1.29, 1.82) is 0 Å². The first-order chi connectivity index (χ1) is 10.2. The maximum absolute atomic E-state index is 12.2. The van der Waals surface area contributed by atoms with E-state index in [1.807, 2.05) is 49.4 Å². The molecule has 2 atom stereocenters. The predicted molar refractivity (Wildman–Crippen MR) is 86.2 cm³/mol. The molecule has 2 aromatic carbocycles. The van der Waals surface area contributed by atoms with Crippen molar-refractivity contribution in [3.8, 4) is 0 Å². The fraction of sp³-hybridized carbons (Fsp3) is 0.235. The zero-order valence-corrected chi connectivity index (χ0v) is 13.3. The van der Waals surface area contributed by atoms with E-state index < -0.39 is 0 Å². The summed E-state index contributed by atoms with van der Waals surface area (Å²) < 4.78 is 6.23. The van der Waals surface area contributed by atoms with Gasteiger partial charge in [-0.1, -0.05) is 46.3 Å². The van der Waals surface area contributed by atoms with Gasteiger partial charge in [-0.25, -0.2) is 4.79 Å². The molecule has 3 rings (SSSR count). The van der Waals surface area contributed by atoms with Crippen molar-refractivity contribution < 1.29 is 9.53 Å². The second kappa shape index (κ2) is 5.90. The molecular weight excluding hydrogens is 330 g/mol. The van der Waals surface area contributed by atoms with Crippen molar-refractivity contribution >= 4 is 27.6 Å². The average Bonchev–Trinajstić information content (AvgIpc) is 3.25. The van der Waals surface area contributed by atoms with Crippen molar-refractivity contribution in [3.63, 3.8) is 0 Å². The summed E-state index contributed by atoms with van der Waals surface area (Å²) >= 11 is 3.43. The summed E-state index contributed by atoms with van der Waals surface area (Å²) in [6.07, 6.45) is 0. The van der Waals surface area contributed by atoms with E-state index in [4.69, 9.17) is 4.74 Å². The molecule has 21 heavy (non-hydrogen) atoms. The maximum Gasteiger partial charge on any atom is 0.331 e. The SMILES string of the molecule is CCOC(=O)[C@H]1[C@@H](c2ccccc2)N1c1ccc(Br)cc1. The molecule has 1 saturated heterocycles. The molecule has 0 spiro atoms. The molecule has 0 aromatic heterocycles. The van der Waals surface area contributed by atoms with Crippen LogP contribution < -0.4 is 4.90 Å². The van der Waals surface area contributed by atoms with Crippen LogP contribution >= 0.6 is 15.9 Å². The summed E-state index contributed by atoms with van der Waals surface area (Å²) in [5.41, 5.74) is 2.17. The van der Waals surface area contributed by atoms with Gasteiger partial charge in [0.25, 0.3) is 0 Å². The second-order valence-electron chi connectivity index (χ2n) is 4.94. The van der Waals surface area contributed by atoms with E-state index in [0.29, 0.717) is 6.61 Å². The van der Waals surface area contributed by atoms with E-state index in [1.165, 1.54) is 0 Å². The average molecular weight is 346 g/mol. The lowest BCUT2D eigenvalue weighted by Gasteiger charge is -2.06. The van der Waals surface area contributed by atoms with Gasteiger partial charge in [-0.2, -0.15) is 0 Å². The van der Waals surface area contributed by atoms with Crippen molar-refractivity contribution in [3.05, 3.63) is 64.6 Å². The minimum atomic E-state index is -0.228. The highest BCUT2D eigenvalue weighted by Gasteiger charge is 2.54. The predicted octanol–water partition coefficient (Wildman–Crippen LogP) is 3.94. The number of hydrogen-bond donors (Lipinski definition) is 0. The van der Waals surface area contributed by atoms with Crippen molar-refractivity contribution in [2.75, 3.05) is 11.5 Å². The summed E-state index contributed by atoms with van der Waals surface area (Å²) in [4.78, 5) is 14.3. The summed E-state index contributed by atoms with van der Waals surface area (Å²) in [6, 6.07) is 17.9. The number of benzene rings is 2. The van der Waals surface area contributed by atoms with Gasteiger partial charge in [-0.05, 0) is 36.8 Å². The van der Waals surface area contributed by atoms with E-state index >= 15 is 0 Å². The Morgan fingerprint density at radius 1 is 1.14 bits per heavy atom. The smallest absolute Gasteiger partial charge is 0.331 e. The Bertz CT molecular complexity index is 627. The maximum atomic E-state index is 12.2. The van der Waals surface area contributed by atoms with Gasteiger partial charge in [0.2, 0.25) is 0 Å². The molecule has 0 radical (unpaired) electrons. The Morgan fingerprint density at radius 3 is 2.43 bits per heavy atom. The Hall–Kier alpha value is -1.81. The normalized spacial score (nSPS) is 20.2. The third-order valence-corrected chi connectivity index (χ3v) is 4.13. The number of ether oxygens (including phenoxy) is 1. The highest BCUT2D eigenvalue weighted by molar-refractivity contribution is 9.10. The third kappa shape index (κ3) is 2.81. The van der Waals surface area contributed by atoms with E-state index in [9.17, 15) is 4.79 Å². The largest absolute Gasteiger partial charge is 0.464 e. The molecule has 1 heterocycles. The number of carbonyl (C=O) groups is 1. The minimum absolute atomic E-state index is 0.0615. The van der Waals surface area contributed by atoms with Crippen LogP contribution in [0, 0.1) is 0 Å². The lowest BCUT2D eigenvalue weighted by atomic mass is 10.1. The summed E-state index contributed by atoms with van der Waals surface area (Å²) in [5.74, 6) is -0.158. The molecule has 108 valence electrons. The van der Waals surface area contributed by atoms with Crippen LogP contribution in [0.3, 0.4) is 0 Å².